The summed E-state index contributed by atoms with van der Waals surface area (Å²) in [6.07, 6.45) is 3.30. The van der Waals surface area contributed by atoms with Crippen molar-refractivity contribution in [3.8, 4) is 0 Å². The molecule has 0 aromatic carbocycles. The molecule has 0 spiro atoms. The molecule has 2 N–H and O–H groups in total. The zero-order valence-electron chi connectivity index (χ0n) is 10.3. The summed E-state index contributed by atoms with van der Waals surface area (Å²) in [7, 11) is -3.60. The lowest BCUT2D eigenvalue weighted by Crippen LogP contribution is -2.24. The lowest BCUT2D eigenvalue weighted by Gasteiger charge is -2.08. The first-order valence-electron chi connectivity index (χ1n) is 5.61. The molecule has 2 heterocycles. The summed E-state index contributed by atoms with van der Waals surface area (Å²) >= 11 is 1.22. The molecule has 0 saturated heterocycles. The highest BCUT2D eigenvalue weighted by atomic mass is 32.2. The molecule has 7 heteroatoms. The maximum Gasteiger partial charge on any atom is 0.242 e. The highest BCUT2D eigenvalue weighted by Gasteiger charge is 2.19. The van der Waals surface area contributed by atoms with E-state index < -0.39 is 10.0 Å². The topological polar surface area (TPSA) is 79.3 Å². The van der Waals surface area contributed by atoms with E-state index in [9.17, 15) is 8.42 Å². The van der Waals surface area contributed by atoms with Crippen LogP contribution >= 0.6 is 11.3 Å². The van der Waals surface area contributed by atoms with Gasteiger partial charge in [-0.05, 0) is 35.6 Å². The predicted molar refractivity (Wildman–Crippen MR) is 73.2 cm³/mol. The van der Waals surface area contributed by atoms with Gasteiger partial charge >= 0.3 is 0 Å². The van der Waals surface area contributed by atoms with Gasteiger partial charge in [-0.3, -0.25) is 4.98 Å². The van der Waals surface area contributed by atoms with Gasteiger partial charge in [-0.1, -0.05) is 0 Å². The number of rotatable bonds is 5. The van der Waals surface area contributed by atoms with E-state index in [-0.39, 0.29) is 18.0 Å². The van der Waals surface area contributed by atoms with Gasteiger partial charge in [0.05, 0.1) is 11.5 Å². The van der Waals surface area contributed by atoms with E-state index in [1.807, 2.05) is 13.0 Å². The van der Waals surface area contributed by atoms with Gasteiger partial charge in [-0.15, -0.1) is 11.3 Å². The minimum Gasteiger partial charge on any atom is -0.391 e. The van der Waals surface area contributed by atoms with Gasteiger partial charge in [-0.2, -0.15) is 0 Å². The number of sulfonamides is 1. The van der Waals surface area contributed by atoms with Crippen molar-refractivity contribution < 1.29 is 13.5 Å². The fourth-order valence-electron chi connectivity index (χ4n) is 1.62. The number of aliphatic hydroxyl groups excluding tert-OH is 1. The Morgan fingerprint density at radius 3 is 2.89 bits per heavy atom. The van der Waals surface area contributed by atoms with Gasteiger partial charge in [-0.25, -0.2) is 13.1 Å². The van der Waals surface area contributed by atoms with E-state index in [4.69, 9.17) is 5.11 Å². The average molecular weight is 298 g/mol. The Bertz CT molecular complexity index is 665. The first kappa shape index (κ1) is 14.1. The molecular weight excluding hydrogens is 284 g/mol. The van der Waals surface area contributed by atoms with Gasteiger partial charge in [0.25, 0.3) is 0 Å². The second kappa shape index (κ2) is 5.79. The molecule has 0 aliphatic rings. The van der Waals surface area contributed by atoms with E-state index in [0.29, 0.717) is 4.88 Å². The van der Waals surface area contributed by atoms with Crippen LogP contribution in [0.1, 0.15) is 16.0 Å². The van der Waals surface area contributed by atoms with E-state index in [1.54, 1.807) is 17.8 Å². The number of hydrogen-bond donors (Lipinski definition) is 2. The van der Waals surface area contributed by atoms with Crippen molar-refractivity contribution >= 4 is 21.4 Å². The van der Waals surface area contributed by atoms with Crippen molar-refractivity contribution in [2.24, 2.45) is 0 Å². The standard InChI is InChI=1S/C12H14N2O3S2/c1-9-2-4-13-6-10(9)7-14-19(16,17)12-3-5-18-11(12)8-15/h2-6,14-15H,7-8H2,1H3. The molecule has 2 aromatic heterocycles. The first-order valence-corrected chi connectivity index (χ1v) is 7.97. The Kier molecular flexibility index (Phi) is 4.31. The Morgan fingerprint density at radius 1 is 1.42 bits per heavy atom. The maximum atomic E-state index is 12.1. The van der Waals surface area contributed by atoms with Crippen molar-refractivity contribution in [2.75, 3.05) is 0 Å². The van der Waals surface area contributed by atoms with E-state index >= 15 is 0 Å². The quantitative estimate of drug-likeness (QED) is 0.875. The average Bonchev–Trinajstić information content (AvgIpc) is 2.87. The van der Waals surface area contributed by atoms with Crippen LogP contribution in [0.2, 0.25) is 0 Å². The van der Waals surface area contributed by atoms with Crippen molar-refractivity contribution in [2.45, 2.75) is 25.0 Å². The summed E-state index contributed by atoms with van der Waals surface area (Å²) in [5.74, 6) is 0. The molecule has 0 saturated carbocycles. The second-order valence-electron chi connectivity index (χ2n) is 3.99. The van der Waals surface area contributed by atoms with E-state index in [1.165, 1.54) is 17.4 Å². The molecule has 0 bridgehead atoms. The number of nitrogens with one attached hydrogen (secondary N) is 1. The van der Waals surface area contributed by atoms with Crippen molar-refractivity contribution in [1.82, 2.24) is 9.71 Å². The third-order valence-electron chi connectivity index (χ3n) is 2.74. The Hall–Kier alpha value is -1.28. The highest BCUT2D eigenvalue weighted by Crippen LogP contribution is 2.21. The number of aromatic nitrogens is 1. The molecule has 0 fully saturated rings. The van der Waals surface area contributed by atoms with Crippen LogP contribution in [0.15, 0.2) is 34.8 Å². The van der Waals surface area contributed by atoms with E-state index in [2.05, 4.69) is 9.71 Å². The molecule has 0 radical (unpaired) electrons. The summed E-state index contributed by atoms with van der Waals surface area (Å²) in [6, 6.07) is 3.32. The van der Waals surface area contributed by atoms with Gasteiger partial charge in [0.2, 0.25) is 10.0 Å². The largest absolute Gasteiger partial charge is 0.391 e. The molecule has 2 rings (SSSR count). The Labute approximate surface area is 116 Å². The number of thiophene rings is 1. The molecule has 0 aliphatic heterocycles. The molecular formula is C12H14N2O3S2. The van der Waals surface area contributed by atoms with Crippen LogP contribution in [-0.4, -0.2) is 18.5 Å². The SMILES string of the molecule is Cc1ccncc1CNS(=O)(=O)c1ccsc1CO. The molecule has 0 aliphatic carbocycles. The zero-order valence-corrected chi connectivity index (χ0v) is 12.0. The number of nitrogens with zero attached hydrogens (tertiary/aromatic N) is 1. The summed E-state index contributed by atoms with van der Waals surface area (Å²) in [5.41, 5.74) is 1.80. The normalized spacial score (nSPS) is 11.7. The van der Waals surface area contributed by atoms with Gasteiger partial charge in [0.15, 0.2) is 0 Å². The van der Waals surface area contributed by atoms with Crippen molar-refractivity contribution in [3.05, 3.63) is 45.9 Å². The third-order valence-corrected chi connectivity index (χ3v) is 5.26. The minimum absolute atomic E-state index is 0.140. The number of aryl methyl sites for hydroxylation is 1. The fourth-order valence-corrected chi connectivity index (χ4v) is 3.92. The number of pyridine rings is 1. The minimum atomic E-state index is -3.60. The molecule has 2 aromatic rings. The lowest BCUT2D eigenvalue weighted by atomic mass is 10.2. The van der Waals surface area contributed by atoms with Crippen LogP contribution in [-0.2, 0) is 23.2 Å². The van der Waals surface area contributed by atoms with Crippen LogP contribution in [0.4, 0.5) is 0 Å². The van der Waals surface area contributed by atoms with Crippen LogP contribution in [0, 0.1) is 6.92 Å². The van der Waals surface area contributed by atoms with Gasteiger partial charge in [0.1, 0.15) is 0 Å². The van der Waals surface area contributed by atoms with Crippen LogP contribution in [0.25, 0.3) is 0 Å². The lowest BCUT2D eigenvalue weighted by molar-refractivity contribution is 0.282. The van der Waals surface area contributed by atoms with E-state index in [0.717, 1.165) is 11.1 Å². The smallest absolute Gasteiger partial charge is 0.242 e. The van der Waals surface area contributed by atoms with Crippen molar-refractivity contribution in [3.63, 3.8) is 0 Å². The predicted octanol–water partition coefficient (Wildman–Crippen LogP) is 1.42. The summed E-state index contributed by atoms with van der Waals surface area (Å²) in [6.45, 7) is 1.80. The second-order valence-corrected chi connectivity index (χ2v) is 6.73. The molecule has 19 heavy (non-hydrogen) atoms. The van der Waals surface area contributed by atoms with Crippen LogP contribution in [0.3, 0.4) is 0 Å². The first-order chi connectivity index (χ1) is 9.04. The molecule has 0 unspecified atom stereocenters. The molecule has 102 valence electrons. The van der Waals surface area contributed by atoms with Crippen LogP contribution in [0.5, 0.6) is 0 Å². The van der Waals surface area contributed by atoms with Crippen molar-refractivity contribution in [1.29, 1.82) is 0 Å². The van der Waals surface area contributed by atoms with Gasteiger partial charge < -0.3 is 5.11 Å². The molecule has 0 amide bonds. The Balaban J connectivity index is 2.17. The zero-order chi connectivity index (χ0) is 13.9. The molecule has 5 nitrogen and oxygen atoms in total. The fraction of sp³-hybridized carbons (Fsp3) is 0.250. The monoisotopic (exact) mass is 298 g/mol. The maximum absolute atomic E-state index is 12.1. The highest BCUT2D eigenvalue weighted by molar-refractivity contribution is 7.89. The van der Waals surface area contributed by atoms with Gasteiger partial charge in [0, 0.05) is 23.8 Å². The number of aliphatic hydroxyl groups is 1. The third kappa shape index (κ3) is 3.19. The molecule has 0 atom stereocenters. The summed E-state index contributed by atoms with van der Waals surface area (Å²) in [4.78, 5) is 4.55. The summed E-state index contributed by atoms with van der Waals surface area (Å²) in [5, 5.41) is 10.8. The summed E-state index contributed by atoms with van der Waals surface area (Å²) < 4.78 is 26.8. The Morgan fingerprint density at radius 2 is 2.21 bits per heavy atom. The number of hydrogen-bond acceptors (Lipinski definition) is 5. The van der Waals surface area contributed by atoms with Crippen LogP contribution < -0.4 is 4.72 Å².